The van der Waals surface area contributed by atoms with Crippen LogP contribution in [0.5, 0.6) is 0 Å². The Morgan fingerprint density at radius 1 is 1.12 bits per heavy atom. The Kier molecular flexibility index (Phi) is 5.54. The van der Waals surface area contributed by atoms with Crippen molar-refractivity contribution in [1.29, 1.82) is 0 Å². The highest BCUT2D eigenvalue weighted by Gasteiger charge is 2.65. The molecule has 1 aromatic carbocycles. The first-order valence-electron chi connectivity index (χ1n) is 9.73. The molecule has 1 fully saturated rings. The third-order valence-electron chi connectivity index (χ3n) is 5.36. The first kappa shape index (κ1) is 24.8. The molecule has 0 bridgehead atoms. The van der Waals surface area contributed by atoms with E-state index in [-0.39, 0.29) is 27.7 Å². The maximum atomic E-state index is 13.0. The lowest BCUT2D eigenvalue weighted by Gasteiger charge is -2.40. The van der Waals surface area contributed by atoms with Gasteiger partial charge in [0.25, 0.3) is 0 Å². The SMILES string of the molecule is CC(Nc1nc(Cl)nc2c1cnn2[C@@H]1O[C@H](CO)[C@@H](O)[C@H]1O)c1ccc(S(F)(F)(F)(F)F)cc1. The van der Waals surface area contributed by atoms with Gasteiger partial charge in [-0.25, -0.2) is 4.68 Å². The van der Waals surface area contributed by atoms with Crippen molar-refractivity contribution in [3.05, 3.63) is 41.3 Å². The lowest BCUT2D eigenvalue weighted by Crippen LogP contribution is -2.33. The zero-order valence-corrected chi connectivity index (χ0v) is 18.8. The molecule has 0 amide bonds. The van der Waals surface area contributed by atoms with Gasteiger partial charge >= 0.3 is 10.2 Å². The highest BCUT2D eigenvalue weighted by Crippen LogP contribution is 3.02. The van der Waals surface area contributed by atoms with Crippen LogP contribution in [0.1, 0.15) is 24.8 Å². The van der Waals surface area contributed by atoms with Crippen LogP contribution >= 0.6 is 21.8 Å². The van der Waals surface area contributed by atoms with E-state index in [9.17, 15) is 34.7 Å². The predicted octanol–water partition coefficient (Wildman–Crippen LogP) is 3.92. The number of benzene rings is 1. The molecular formula is C18H19ClF5N5O4S. The molecule has 16 heteroatoms. The highest BCUT2D eigenvalue weighted by atomic mass is 35.5. The molecule has 188 valence electrons. The second-order valence-corrected chi connectivity index (χ2v) is 10.5. The smallest absolute Gasteiger partial charge is 0.310 e. The standard InChI is InChI=1S/C18H19ClF5N5O4S/c1-8(9-2-4-10(5-3-9)34(20,21,22,23)24)26-15-11-6-25-29(16(11)28-18(19)27-15)17-14(32)13(31)12(7-30)33-17/h2-6,8,12-14,17,30-32H,7H2,1H3,(H,26,27,28)/t8?,12-,13-,14-,17-/m1/s1. The van der Waals surface area contributed by atoms with Crippen molar-refractivity contribution in [1.82, 2.24) is 19.7 Å². The van der Waals surface area contributed by atoms with E-state index in [2.05, 4.69) is 20.4 Å². The number of nitrogens with zero attached hydrogens (tertiary/aromatic N) is 4. The van der Waals surface area contributed by atoms with Crippen LogP contribution in [0.2, 0.25) is 5.28 Å². The number of hydrogen-bond donors (Lipinski definition) is 4. The molecular weight excluding hydrogens is 513 g/mol. The van der Waals surface area contributed by atoms with Crippen LogP contribution in [-0.4, -0.2) is 60.0 Å². The van der Waals surface area contributed by atoms with E-state index in [0.29, 0.717) is 12.1 Å². The molecule has 1 unspecified atom stereocenters. The summed E-state index contributed by atoms with van der Waals surface area (Å²) in [4.78, 5) is 6.12. The average molecular weight is 532 g/mol. The maximum Gasteiger partial charge on any atom is 0.310 e. The van der Waals surface area contributed by atoms with E-state index in [1.165, 1.54) is 6.20 Å². The summed E-state index contributed by atoms with van der Waals surface area (Å²) < 4.78 is 71.4. The Bertz CT molecular complexity index is 1230. The summed E-state index contributed by atoms with van der Waals surface area (Å²) in [7, 11) is -9.78. The summed E-state index contributed by atoms with van der Waals surface area (Å²) in [6.45, 7) is 1.02. The van der Waals surface area contributed by atoms with Gasteiger partial charge in [-0.2, -0.15) is 15.1 Å². The van der Waals surface area contributed by atoms with E-state index in [4.69, 9.17) is 16.3 Å². The fourth-order valence-electron chi connectivity index (χ4n) is 3.58. The number of ether oxygens (including phenoxy) is 1. The minimum atomic E-state index is -9.78. The van der Waals surface area contributed by atoms with Crippen LogP contribution in [-0.2, 0) is 4.74 Å². The van der Waals surface area contributed by atoms with E-state index >= 15 is 0 Å². The van der Waals surface area contributed by atoms with Crippen molar-refractivity contribution >= 4 is 38.7 Å². The van der Waals surface area contributed by atoms with Gasteiger partial charge < -0.3 is 25.4 Å². The van der Waals surface area contributed by atoms with Gasteiger partial charge in [0.15, 0.2) is 11.9 Å². The van der Waals surface area contributed by atoms with Crippen molar-refractivity contribution in [2.45, 2.75) is 42.4 Å². The molecule has 0 spiro atoms. The van der Waals surface area contributed by atoms with Crippen LogP contribution in [0.25, 0.3) is 11.0 Å². The third kappa shape index (κ3) is 4.63. The molecule has 0 aliphatic carbocycles. The lowest BCUT2D eigenvalue weighted by molar-refractivity contribution is -0.0566. The number of rotatable bonds is 6. The summed E-state index contributed by atoms with van der Waals surface area (Å²) in [6, 6.07) is 1.79. The first-order chi connectivity index (χ1) is 15.6. The van der Waals surface area contributed by atoms with Gasteiger partial charge in [-0.1, -0.05) is 31.6 Å². The fraction of sp³-hybridized carbons (Fsp3) is 0.389. The Morgan fingerprint density at radius 3 is 2.32 bits per heavy atom. The van der Waals surface area contributed by atoms with Gasteiger partial charge in [0.2, 0.25) is 5.28 Å². The fourth-order valence-corrected chi connectivity index (χ4v) is 4.39. The monoisotopic (exact) mass is 531 g/mol. The number of hydrogen-bond acceptors (Lipinski definition) is 8. The molecule has 9 nitrogen and oxygen atoms in total. The van der Waals surface area contributed by atoms with E-state index < -0.39 is 52.3 Å². The molecule has 4 rings (SSSR count). The molecule has 34 heavy (non-hydrogen) atoms. The van der Waals surface area contributed by atoms with Crippen LogP contribution < -0.4 is 5.32 Å². The quantitative estimate of drug-likeness (QED) is 0.279. The van der Waals surface area contributed by atoms with E-state index in [0.717, 1.165) is 16.8 Å². The molecule has 3 aromatic rings. The van der Waals surface area contributed by atoms with Gasteiger partial charge in [0.1, 0.15) is 29.0 Å². The number of aliphatic hydroxyl groups is 3. The van der Waals surface area contributed by atoms with Gasteiger partial charge in [-0.05, 0) is 36.2 Å². The summed E-state index contributed by atoms with van der Waals surface area (Å²) in [5.74, 6) is 0.122. The molecule has 4 N–H and O–H groups in total. The van der Waals surface area contributed by atoms with Crippen LogP contribution in [0, 0.1) is 0 Å². The average Bonchev–Trinajstić information content (AvgIpc) is 3.27. The largest absolute Gasteiger partial charge is 0.394 e. The summed E-state index contributed by atoms with van der Waals surface area (Å²) in [5, 5.41) is 36.6. The second-order valence-electron chi connectivity index (χ2n) is 7.80. The molecule has 0 radical (unpaired) electrons. The number of anilines is 1. The number of fused-ring (bicyclic) bond motifs is 1. The highest BCUT2D eigenvalue weighted by molar-refractivity contribution is 8.45. The number of aliphatic hydroxyl groups excluding tert-OH is 3. The zero-order valence-electron chi connectivity index (χ0n) is 17.2. The van der Waals surface area contributed by atoms with Crippen molar-refractivity contribution < 1.29 is 39.5 Å². The third-order valence-corrected chi connectivity index (χ3v) is 6.70. The van der Waals surface area contributed by atoms with Crippen molar-refractivity contribution in [2.24, 2.45) is 0 Å². The van der Waals surface area contributed by atoms with Crippen molar-refractivity contribution in [3.63, 3.8) is 0 Å². The minimum absolute atomic E-state index is 0.0980. The topological polar surface area (TPSA) is 126 Å². The summed E-state index contributed by atoms with van der Waals surface area (Å²) >= 11 is 6.01. The zero-order chi connectivity index (χ0) is 25.1. The number of aromatic nitrogens is 4. The Labute approximate surface area is 193 Å². The van der Waals surface area contributed by atoms with Gasteiger partial charge in [0.05, 0.1) is 18.2 Å². The summed E-state index contributed by atoms with van der Waals surface area (Å²) in [6.07, 6.45) is -3.74. The summed E-state index contributed by atoms with van der Waals surface area (Å²) in [5.41, 5.74) is 0.352. The molecule has 1 aliphatic rings. The van der Waals surface area contributed by atoms with Crippen LogP contribution in [0.4, 0.5) is 25.2 Å². The van der Waals surface area contributed by atoms with Crippen molar-refractivity contribution in [2.75, 3.05) is 11.9 Å². The Balaban J connectivity index is 1.64. The lowest BCUT2D eigenvalue weighted by atomic mass is 10.1. The molecule has 1 saturated heterocycles. The molecule has 0 saturated carbocycles. The van der Waals surface area contributed by atoms with Crippen LogP contribution in [0.3, 0.4) is 0 Å². The second kappa shape index (κ2) is 7.60. The Morgan fingerprint density at radius 2 is 1.76 bits per heavy atom. The van der Waals surface area contributed by atoms with E-state index in [1.807, 2.05) is 0 Å². The van der Waals surface area contributed by atoms with Gasteiger partial charge in [0, 0.05) is 6.04 Å². The minimum Gasteiger partial charge on any atom is -0.394 e. The normalized spacial score (nSPS) is 26.3. The Hall–Kier alpha value is -2.30. The predicted molar refractivity (Wildman–Crippen MR) is 113 cm³/mol. The van der Waals surface area contributed by atoms with Crippen LogP contribution in [0.15, 0.2) is 35.4 Å². The molecule has 3 heterocycles. The molecule has 1 aliphatic heterocycles. The maximum absolute atomic E-state index is 13.0. The first-order valence-corrected chi connectivity index (χ1v) is 12.1. The molecule has 2 aromatic heterocycles. The van der Waals surface area contributed by atoms with Gasteiger partial charge in [-0.3, -0.25) is 0 Å². The number of halogens is 6. The molecule has 5 atom stereocenters. The number of nitrogens with one attached hydrogen (secondary N) is 1. The van der Waals surface area contributed by atoms with Crippen molar-refractivity contribution in [3.8, 4) is 0 Å². The van der Waals surface area contributed by atoms with E-state index in [1.54, 1.807) is 6.92 Å². The van der Waals surface area contributed by atoms with Gasteiger partial charge in [-0.15, -0.1) is 0 Å².